The van der Waals surface area contributed by atoms with E-state index in [9.17, 15) is 0 Å². The van der Waals surface area contributed by atoms with Crippen LogP contribution in [0.4, 0.5) is 5.69 Å². The molecule has 0 bridgehead atoms. The zero-order valence-electron chi connectivity index (χ0n) is 12.7. The molecule has 2 rings (SSSR count). The van der Waals surface area contributed by atoms with Gasteiger partial charge in [0.25, 0.3) is 0 Å². The van der Waals surface area contributed by atoms with E-state index in [1.807, 2.05) is 0 Å². The van der Waals surface area contributed by atoms with Crippen LogP contribution in [0.3, 0.4) is 0 Å². The largest absolute Gasteiger partial charge is 0.374 e. The van der Waals surface area contributed by atoms with Crippen molar-refractivity contribution in [2.75, 3.05) is 25.0 Å². The summed E-state index contributed by atoms with van der Waals surface area (Å²) in [6, 6.07) is 6.64. The Labute approximate surface area is 122 Å². The lowest BCUT2D eigenvalue weighted by Crippen LogP contribution is -2.32. The Bertz CT molecular complexity index is 468. The molecule has 3 N–H and O–H groups in total. The number of anilines is 1. The van der Waals surface area contributed by atoms with Gasteiger partial charge in [0.2, 0.25) is 0 Å². The number of nitrogens with zero attached hydrogens (tertiary/aromatic N) is 2. The first-order valence-electron chi connectivity index (χ1n) is 7.57. The van der Waals surface area contributed by atoms with Gasteiger partial charge in [-0.25, -0.2) is 4.99 Å². The number of aryl methyl sites for hydroxylation is 1. The van der Waals surface area contributed by atoms with E-state index in [0.29, 0.717) is 12.5 Å². The van der Waals surface area contributed by atoms with Gasteiger partial charge < -0.3 is 16.0 Å². The SMILES string of the molecule is CCCCNC(N)=NCc1ccc2c(c1)CCCN2C. The van der Waals surface area contributed by atoms with E-state index in [4.69, 9.17) is 5.73 Å². The second kappa shape index (κ2) is 7.17. The number of aliphatic imine (C=N–C) groups is 1. The summed E-state index contributed by atoms with van der Waals surface area (Å²) in [6.07, 6.45) is 4.69. The molecule has 1 heterocycles. The van der Waals surface area contributed by atoms with E-state index < -0.39 is 0 Å². The monoisotopic (exact) mass is 274 g/mol. The van der Waals surface area contributed by atoms with Crippen molar-refractivity contribution in [1.29, 1.82) is 0 Å². The first kappa shape index (κ1) is 14.7. The Morgan fingerprint density at radius 2 is 2.30 bits per heavy atom. The van der Waals surface area contributed by atoms with Crippen LogP contribution in [0.25, 0.3) is 0 Å². The molecule has 0 atom stereocenters. The van der Waals surface area contributed by atoms with E-state index in [2.05, 4.69) is 47.4 Å². The van der Waals surface area contributed by atoms with Crippen molar-refractivity contribution in [1.82, 2.24) is 5.32 Å². The third-order valence-electron chi connectivity index (χ3n) is 3.76. The number of benzene rings is 1. The third-order valence-corrected chi connectivity index (χ3v) is 3.76. The van der Waals surface area contributed by atoms with Crippen molar-refractivity contribution in [3.63, 3.8) is 0 Å². The molecule has 1 aromatic rings. The lowest BCUT2D eigenvalue weighted by Gasteiger charge is -2.27. The summed E-state index contributed by atoms with van der Waals surface area (Å²) in [5.41, 5.74) is 9.88. The smallest absolute Gasteiger partial charge is 0.188 e. The summed E-state index contributed by atoms with van der Waals surface area (Å²) < 4.78 is 0. The Morgan fingerprint density at radius 1 is 1.45 bits per heavy atom. The highest BCUT2D eigenvalue weighted by Gasteiger charge is 2.13. The molecule has 0 radical (unpaired) electrons. The molecule has 0 spiro atoms. The molecule has 0 aromatic heterocycles. The Morgan fingerprint density at radius 3 is 3.10 bits per heavy atom. The maximum absolute atomic E-state index is 5.85. The van der Waals surface area contributed by atoms with Crippen molar-refractivity contribution in [2.45, 2.75) is 39.2 Å². The molecule has 20 heavy (non-hydrogen) atoms. The molecule has 1 aliphatic rings. The number of nitrogens with two attached hydrogens (primary N) is 1. The van der Waals surface area contributed by atoms with Crippen molar-refractivity contribution in [3.8, 4) is 0 Å². The molecule has 1 aromatic carbocycles. The molecular weight excluding hydrogens is 248 g/mol. The first-order valence-corrected chi connectivity index (χ1v) is 7.57. The zero-order valence-corrected chi connectivity index (χ0v) is 12.7. The van der Waals surface area contributed by atoms with Crippen LogP contribution in [0, 0.1) is 0 Å². The molecule has 4 nitrogen and oxygen atoms in total. The topological polar surface area (TPSA) is 53.6 Å². The van der Waals surface area contributed by atoms with E-state index in [0.717, 1.165) is 19.5 Å². The second-order valence-electron chi connectivity index (χ2n) is 5.47. The van der Waals surface area contributed by atoms with E-state index in [-0.39, 0.29) is 0 Å². The quantitative estimate of drug-likeness (QED) is 0.492. The van der Waals surface area contributed by atoms with Gasteiger partial charge in [-0.15, -0.1) is 0 Å². The van der Waals surface area contributed by atoms with E-state index in [1.54, 1.807) is 0 Å². The summed E-state index contributed by atoms with van der Waals surface area (Å²) in [4.78, 5) is 6.73. The number of rotatable bonds is 5. The number of hydrogen-bond acceptors (Lipinski definition) is 2. The van der Waals surface area contributed by atoms with Gasteiger partial charge in [-0.05, 0) is 36.5 Å². The summed E-state index contributed by atoms with van der Waals surface area (Å²) in [7, 11) is 2.16. The third kappa shape index (κ3) is 3.89. The van der Waals surface area contributed by atoms with Gasteiger partial charge in [-0.3, -0.25) is 0 Å². The van der Waals surface area contributed by atoms with Gasteiger partial charge in [-0.2, -0.15) is 0 Å². The van der Waals surface area contributed by atoms with Crippen molar-refractivity contribution >= 4 is 11.6 Å². The minimum Gasteiger partial charge on any atom is -0.374 e. The van der Waals surface area contributed by atoms with Gasteiger partial charge in [0.1, 0.15) is 0 Å². The molecule has 110 valence electrons. The maximum atomic E-state index is 5.85. The number of guanidine groups is 1. The second-order valence-corrected chi connectivity index (χ2v) is 5.47. The van der Waals surface area contributed by atoms with E-state index in [1.165, 1.54) is 36.1 Å². The molecule has 0 fully saturated rings. The van der Waals surface area contributed by atoms with Gasteiger partial charge >= 0.3 is 0 Å². The van der Waals surface area contributed by atoms with Crippen molar-refractivity contribution in [2.24, 2.45) is 10.7 Å². The number of nitrogens with one attached hydrogen (secondary N) is 1. The molecule has 4 heteroatoms. The van der Waals surface area contributed by atoms with Gasteiger partial charge in [0.15, 0.2) is 5.96 Å². The molecule has 0 amide bonds. The number of fused-ring (bicyclic) bond motifs is 1. The molecule has 0 aliphatic carbocycles. The highest BCUT2D eigenvalue weighted by atomic mass is 15.1. The lowest BCUT2D eigenvalue weighted by molar-refractivity contribution is 0.741. The molecule has 0 saturated heterocycles. The van der Waals surface area contributed by atoms with Crippen LogP contribution in [0.2, 0.25) is 0 Å². The minimum absolute atomic E-state index is 0.549. The lowest BCUT2D eigenvalue weighted by atomic mass is 10.00. The average Bonchev–Trinajstić information content (AvgIpc) is 2.45. The summed E-state index contributed by atoms with van der Waals surface area (Å²) >= 11 is 0. The predicted octanol–water partition coefficient (Wildman–Crippen LogP) is 2.27. The maximum Gasteiger partial charge on any atom is 0.188 e. The van der Waals surface area contributed by atoms with Gasteiger partial charge in [0.05, 0.1) is 6.54 Å². The molecular formula is C16H26N4. The summed E-state index contributed by atoms with van der Waals surface area (Å²) in [6.45, 7) is 4.88. The Hall–Kier alpha value is -1.71. The fourth-order valence-corrected chi connectivity index (χ4v) is 2.56. The van der Waals surface area contributed by atoms with Crippen LogP contribution < -0.4 is 16.0 Å². The molecule has 1 aliphatic heterocycles. The molecule has 0 unspecified atom stereocenters. The fraction of sp³-hybridized carbons (Fsp3) is 0.562. The summed E-state index contributed by atoms with van der Waals surface area (Å²) in [5.74, 6) is 0.549. The average molecular weight is 274 g/mol. The van der Waals surface area contributed by atoms with Gasteiger partial charge in [-0.1, -0.05) is 25.5 Å². The minimum atomic E-state index is 0.549. The first-order chi connectivity index (χ1) is 9.70. The Balaban J connectivity index is 1.95. The van der Waals surface area contributed by atoms with E-state index >= 15 is 0 Å². The zero-order chi connectivity index (χ0) is 14.4. The standard InChI is InChI=1S/C16H26N4/c1-3-4-9-18-16(17)19-12-13-7-8-15-14(11-13)6-5-10-20(15)2/h7-8,11H,3-6,9-10,12H2,1-2H3,(H3,17,18,19). The fourth-order valence-electron chi connectivity index (χ4n) is 2.56. The highest BCUT2D eigenvalue weighted by molar-refractivity contribution is 5.77. The van der Waals surface area contributed by atoms with Crippen LogP contribution in [-0.4, -0.2) is 26.1 Å². The van der Waals surface area contributed by atoms with Crippen LogP contribution in [0.5, 0.6) is 0 Å². The normalized spacial score (nSPS) is 15.1. The predicted molar refractivity (Wildman–Crippen MR) is 86.3 cm³/mol. The highest BCUT2D eigenvalue weighted by Crippen LogP contribution is 2.26. The van der Waals surface area contributed by atoms with Crippen LogP contribution >= 0.6 is 0 Å². The summed E-state index contributed by atoms with van der Waals surface area (Å²) in [5, 5.41) is 3.14. The van der Waals surface area contributed by atoms with Crippen LogP contribution in [0.15, 0.2) is 23.2 Å². The van der Waals surface area contributed by atoms with Gasteiger partial charge in [0, 0.05) is 25.8 Å². The van der Waals surface area contributed by atoms with Crippen LogP contribution in [-0.2, 0) is 13.0 Å². The van der Waals surface area contributed by atoms with Crippen molar-refractivity contribution < 1.29 is 0 Å². The van der Waals surface area contributed by atoms with Crippen molar-refractivity contribution in [3.05, 3.63) is 29.3 Å². The number of unbranched alkanes of at least 4 members (excludes halogenated alkanes) is 1. The molecule has 0 saturated carbocycles. The Kier molecular flexibility index (Phi) is 5.27. The number of hydrogen-bond donors (Lipinski definition) is 2. The van der Waals surface area contributed by atoms with Crippen LogP contribution in [0.1, 0.15) is 37.3 Å².